The van der Waals surface area contributed by atoms with Gasteiger partial charge in [-0.1, -0.05) is 38.0 Å². The Hall–Kier alpha value is -2.41. The first-order valence-electron chi connectivity index (χ1n) is 8.86. The van der Waals surface area contributed by atoms with E-state index in [1.807, 2.05) is 37.3 Å². The molecule has 0 aliphatic heterocycles. The highest BCUT2D eigenvalue weighted by Gasteiger charge is 2.29. The summed E-state index contributed by atoms with van der Waals surface area (Å²) in [4.78, 5) is 12.1. The lowest BCUT2D eigenvalue weighted by Crippen LogP contribution is -2.42. The number of hydrogen-bond acceptors (Lipinski definition) is 6. The average molecular weight is 361 g/mol. The largest absolute Gasteiger partial charge is 0.444 e. The van der Waals surface area contributed by atoms with E-state index in [-0.39, 0.29) is 5.89 Å². The summed E-state index contributed by atoms with van der Waals surface area (Å²) in [5, 5.41) is 21.3. The minimum absolute atomic E-state index is 0.0704. The third-order valence-electron chi connectivity index (χ3n) is 3.67. The van der Waals surface area contributed by atoms with E-state index in [1.165, 1.54) is 0 Å². The third kappa shape index (κ3) is 5.84. The van der Waals surface area contributed by atoms with Gasteiger partial charge >= 0.3 is 6.09 Å². The topological polar surface area (TPSA) is 97.5 Å². The van der Waals surface area contributed by atoms with Gasteiger partial charge in [-0.15, -0.1) is 10.2 Å². The van der Waals surface area contributed by atoms with Crippen molar-refractivity contribution in [3.05, 3.63) is 36.2 Å². The predicted molar refractivity (Wildman–Crippen MR) is 97.4 cm³/mol. The van der Waals surface area contributed by atoms with Gasteiger partial charge < -0.3 is 19.6 Å². The molecular formula is C19H27N3O4. The number of aliphatic hydroxyl groups is 1. The molecule has 0 saturated heterocycles. The summed E-state index contributed by atoms with van der Waals surface area (Å²) < 4.78 is 10.9. The van der Waals surface area contributed by atoms with Crippen LogP contribution < -0.4 is 5.32 Å². The SMILES string of the molecule is CCCCC(NC(=O)OC(C)(C)C)[C@H](O)c1nnc(-c2ccccc2)o1. The Balaban J connectivity index is 2.12. The number of alkyl carbamates (subject to hydrolysis) is 1. The second-order valence-electron chi connectivity index (χ2n) is 7.15. The van der Waals surface area contributed by atoms with Crippen LogP contribution in [0, 0.1) is 0 Å². The molecule has 1 aromatic heterocycles. The maximum atomic E-state index is 12.1. The van der Waals surface area contributed by atoms with E-state index in [4.69, 9.17) is 9.15 Å². The smallest absolute Gasteiger partial charge is 0.407 e. The minimum Gasteiger partial charge on any atom is -0.444 e. The molecule has 1 amide bonds. The molecule has 0 fully saturated rings. The molecule has 1 unspecified atom stereocenters. The van der Waals surface area contributed by atoms with Crippen LogP contribution in [0.15, 0.2) is 34.7 Å². The van der Waals surface area contributed by atoms with Crippen molar-refractivity contribution in [1.29, 1.82) is 0 Å². The predicted octanol–water partition coefficient (Wildman–Crippen LogP) is 3.85. The molecule has 2 rings (SSSR count). The van der Waals surface area contributed by atoms with E-state index < -0.39 is 23.8 Å². The lowest BCUT2D eigenvalue weighted by atomic mass is 10.0. The van der Waals surface area contributed by atoms with Gasteiger partial charge in [0.15, 0.2) is 6.10 Å². The molecule has 7 nitrogen and oxygen atoms in total. The molecule has 0 radical (unpaired) electrons. The number of amides is 1. The van der Waals surface area contributed by atoms with Gasteiger partial charge in [0.05, 0.1) is 6.04 Å². The molecule has 1 heterocycles. The van der Waals surface area contributed by atoms with Crippen molar-refractivity contribution in [3.63, 3.8) is 0 Å². The molecule has 2 atom stereocenters. The zero-order chi connectivity index (χ0) is 19.2. The molecule has 0 aliphatic carbocycles. The Morgan fingerprint density at radius 1 is 1.27 bits per heavy atom. The quantitative estimate of drug-likeness (QED) is 0.777. The summed E-state index contributed by atoms with van der Waals surface area (Å²) in [6, 6.07) is 8.73. The van der Waals surface area contributed by atoms with Crippen molar-refractivity contribution in [2.45, 2.75) is 64.7 Å². The van der Waals surface area contributed by atoms with E-state index in [1.54, 1.807) is 20.8 Å². The normalized spacial score (nSPS) is 13.9. The Labute approximate surface area is 153 Å². The van der Waals surface area contributed by atoms with Gasteiger partial charge in [-0.25, -0.2) is 4.79 Å². The van der Waals surface area contributed by atoms with Crippen LogP contribution in [0.3, 0.4) is 0 Å². The maximum Gasteiger partial charge on any atom is 0.407 e. The van der Waals surface area contributed by atoms with E-state index >= 15 is 0 Å². The van der Waals surface area contributed by atoms with Gasteiger partial charge in [-0.3, -0.25) is 0 Å². The van der Waals surface area contributed by atoms with Crippen LogP contribution in [0.2, 0.25) is 0 Å². The highest BCUT2D eigenvalue weighted by molar-refractivity contribution is 5.68. The number of carbonyl (C=O) groups is 1. The molecule has 7 heteroatoms. The molecular weight excluding hydrogens is 334 g/mol. The molecule has 2 aromatic rings. The molecule has 0 bridgehead atoms. The Morgan fingerprint density at radius 2 is 1.96 bits per heavy atom. The van der Waals surface area contributed by atoms with Crippen LogP contribution in [-0.4, -0.2) is 33.0 Å². The zero-order valence-electron chi connectivity index (χ0n) is 15.7. The monoisotopic (exact) mass is 361 g/mol. The summed E-state index contributed by atoms with van der Waals surface area (Å²) in [5.74, 6) is 0.396. The highest BCUT2D eigenvalue weighted by Crippen LogP contribution is 2.24. The molecule has 142 valence electrons. The Morgan fingerprint density at radius 3 is 2.58 bits per heavy atom. The second-order valence-corrected chi connectivity index (χ2v) is 7.15. The number of nitrogens with one attached hydrogen (secondary N) is 1. The van der Waals surface area contributed by atoms with E-state index in [0.29, 0.717) is 12.3 Å². The van der Waals surface area contributed by atoms with Gasteiger partial charge in [-0.05, 0) is 39.3 Å². The summed E-state index contributed by atoms with van der Waals surface area (Å²) >= 11 is 0. The lowest BCUT2D eigenvalue weighted by Gasteiger charge is -2.25. The number of aliphatic hydroxyl groups excluding tert-OH is 1. The van der Waals surface area contributed by atoms with Crippen molar-refractivity contribution in [3.8, 4) is 11.5 Å². The minimum atomic E-state index is -1.11. The van der Waals surface area contributed by atoms with Crippen molar-refractivity contribution >= 4 is 6.09 Å². The molecule has 0 saturated carbocycles. The third-order valence-corrected chi connectivity index (χ3v) is 3.67. The van der Waals surface area contributed by atoms with Crippen LogP contribution in [0.1, 0.15) is 59.0 Å². The number of hydrogen-bond donors (Lipinski definition) is 2. The summed E-state index contributed by atoms with van der Waals surface area (Å²) in [6.07, 6.45) is 0.634. The Bertz CT molecular complexity index is 694. The fourth-order valence-corrected chi connectivity index (χ4v) is 2.42. The van der Waals surface area contributed by atoms with Gasteiger partial charge in [0.1, 0.15) is 5.60 Å². The first kappa shape index (κ1) is 19.9. The molecule has 26 heavy (non-hydrogen) atoms. The van der Waals surface area contributed by atoms with Gasteiger partial charge in [-0.2, -0.15) is 0 Å². The van der Waals surface area contributed by atoms with Crippen molar-refractivity contribution in [2.75, 3.05) is 0 Å². The van der Waals surface area contributed by atoms with E-state index in [9.17, 15) is 9.90 Å². The maximum absolute atomic E-state index is 12.1. The summed E-state index contributed by atoms with van der Waals surface area (Å²) in [5.41, 5.74) is 0.152. The fourth-order valence-electron chi connectivity index (χ4n) is 2.42. The van der Waals surface area contributed by atoms with Gasteiger partial charge in [0, 0.05) is 5.56 Å². The number of rotatable bonds is 7. The van der Waals surface area contributed by atoms with Crippen LogP contribution >= 0.6 is 0 Å². The first-order chi connectivity index (χ1) is 12.3. The van der Waals surface area contributed by atoms with Gasteiger partial charge in [0.25, 0.3) is 0 Å². The average Bonchev–Trinajstić information content (AvgIpc) is 3.07. The summed E-state index contributed by atoms with van der Waals surface area (Å²) in [7, 11) is 0. The number of ether oxygens (including phenoxy) is 1. The number of aromatic nitrogens is 2. The number of nitrogens with zero attached hydrogens (tertiary/aromatic N) is 2. The Kier molecular flexibility index (Phi) is 6.74. The molecule has 1 aromatic carbocycles. The zero-order valence-corrected chi connectivity index (χ0v) is 15.7. The van der Waals surface area contributed by atoms with Crippen LogP contribution in [0.4, 0.5) is 4.79 Å². The summed E-state index contributed by atoms with van der Waals surface area (Å²) in [6.45, 7) is 7.40. The number of benzene rings is 1. The number of unbranched alkanes of at least 4 members (excludes halogenated alkanes) is 1. The second kappa shape index (κ2) is 8.80. The fraction of sp³-hybridized carbons (Fsp3) is 0.526. The van der Waals surface area contributed by atoms with Crippen molar-refractivity contribution in [1.82, 2.24) is 15.5 Å². The standard InChI is InChI=1S/C19H27N3O4/c1-5-6-12-14(20-18(24)26-19(2,3)4)15(23)17-22-21-16(25-17)13-10-8-7-9-11-13/h7-11,14-15,23H,5-6,12H2,1-4H3,(H,20,24)/t14?,15-/m0/s1. The number of carbonyl (C=O) groups excluding carboxylic acids is 1. The first-order valence-corrected chi connectivity index (χ1v) is 8.86. The van der Waals surface area contributed by atoms with Crippen molar-refractivity contribution < 1.29 is 19.1 Å². The molecule has 0 aliphatic rings. The molecule has 0 spiro atoms. The van der Waals surface area contributed by atoms with Gasteiger partial charge in [0.2, 0.25) is 11.8 Å². The van der Waals surface area contributed by atoms with Crippen LogP contribution in [0.25, 0.3) is 11.5 Å². The van der Waals surface area contributed by atoms with Crippen LogP contribution in [0.5, 0.6) is 0 Å². The van der Waals surface area contributed by atoms with E-state index in [2.05, 4.69) is 15.5 Å². The lowest BCUT2D eigenvalue weighted by molar-refractivity contribution is 0.0377. The highest BCUT2D eigenvalue weighted by atomic mass is 16.6. The van der Waals surface area contributed by atoms with E-state index in [0.717, 1.165) is 18.4 Å². The van der Waals surface area contributed by atoms with Crippen LogP contribution in [-0.2, 0) is 4.74 Å². The molecule has 2 N–H and O–H groups in total. The van der Waals surface area contributed by atoms with Crippen molar-refractivity contribution in [2.24, 2.45) is 0 Å².